The van der Waals surface area contributed by atoms with Gasteiger partial charge in [-0.15, -0.1) is 0 Å². The van der Waals surface area contributed by atoms with Crippen LogP contribution in [0.2, 0.25) is 0 Å². The molecule has 0 aliphatic heterocycles. The summed E-state index contributed by atoms with van der Waals surface area (Å²) in [5.74, 6) is 1.52. The van der Waals surface area contributed by atoms with E-state index in [1.54, 1.807) is 14.2 Å². The first-order valence-electron chi connectivity index (χ1n) is 8.29. The van der Waals surface area contributed by atoms with E-state index in [0.717, 1.165) is 39.7 Å². The first kappa shape index (κ1) is 16.9. The second kappa shape index (κ2) is 7.31. The van der Waals surface area contributed by atoms with Gasteiger partial charge in [-0.3, -0.25) is 0 Å². The molecule has 3 rings (SSSR count). The molecule has 0 radical (unpaired) electrons. The van der Waals surface area contributed by atoms with E-state index in [0.29, 0.717) is 0 Å². The van der Waals surface area contributed by atoms with Gasteiger partial charge in [0.1, 0.15) is 0 Å². The van der Waals surface area contributed by atoms with Gasteiger partial charge < -0.3 is 14.4 Å². The maximum Gasteiger partial charge on any atom is 0.164 e. The lowest BCUT2D eigenvalue weighted by Crippen LogP contribution is -2.12. The Balaban J connectivity index is 2.26. The fourth-order valence-electron chi connectivity index (χ4n) is 3.06. The number of benzene rings is 3. The Bertz CT molecular complexity index is 805. The highest BCUT2D eigenvalue weighted by Gasteiger charge is 2.20. The quantitative estimate of drug-likeness (QED) is 0.590. The van der Waals surface area contributed by atoms with Crippen molar-refractivity contribution in [1.82, 2.24) is 0 Å². The molecule has 0 saturated carbocycles. The molecule has 0 aromatic heterocycles. The summed E-state index contributed by atoms with van der Waals surface area (Å²) < 4.78 is 11.1. The van der Waals surface area contributed by atoms with Gasteiger partial charge in [0.15, 0.2) is 11.5 Å². The Kier molecular flexibility index (Phi) is 4.94. The number of para-hydroxylation sites is 2. The summed E-state index contributed by atoms with van der Waals surface area (Å²) in [6, 6.07) is 22.7. The van der Waals surface area contributed by atoms with Crippen LogP contribution in [0.5, 0.6) is 11.5 Å². The minimum atomic E-state index is 0.734. The molecule has 0 atom stereocenters. The van der Waals surface area contributed by atoms with Crippen LogP contribution in [-0.4, -0.2) is 14.2 Å². The van der Waals surface area contributed by atoms with Crippen LogP contribution in [0.15, 0.2) is 66.7 Å². The molecule has 3 nitrogen and oxygen atoms in total. The Morgan fingerprint density at radius 1 is 0.680 bits per heavy atom. The molecule has 0 aliphatic rings. The lowest BCUT2D eigenvalue weighted by Gasteiger charge is -2.29. The molecular formula is C22H23NO2. The van der Waals surface area contributed by atoms with Crippen LogP contribution in [-0.2, 0) is 0 Å². The molecule has 0 fully saturated rings. The molecule has 0 spiro atoms. The second-order valence-electron chi connectivity index (χ2n) is 5.89. The molecule has 128 valence electrons. The zero-order valence-corrected chi connectivity index (χ0v) is 15.1. The van der Waals surface area contributed by atoms with E-state index < -0.39 is 0 Å². The minimum Gasteiger partial charge on any atom is -0.493 e. The molecule has 0 unspecified atom stereocenters. The summed E-state index contributed by atoms with van der Waals surface area (Å²) in [4.78, 5) is 2.24. The maximum absolute atomic E-state index is 5.58. The second-order valence-corrected chi connectivity index (χ2v) is 5.89. The SMILES string of the molecule is COc1cc(N(c2ccccc2)c2ccccc2)c(C)c(C)c1OC. The largest absolute Gasteiger partial charge is 0.493 e. The summed E-state index contributed by atoms with van der Waals surface area (Å²) in [7, 11) is 3.35. The normalized spacial score (nSPS) is 10.4. The van der Waals surface area contributed by atoms with E-state index in [1.807, 2.05) is 42.5 Å². The third kappa shape index (κ3) is 3.18. The van der Waals surface area contributed by atoms with E-state index in [9.17, 15) is 0 Å². The van der Waals surface area contributed by atoms with E-state index >= 15 is 0 Å². The lowest BCUT2D eigenvalue weighted by molar-refractivity contribution is 0.352. The van der Waals surface area contributed by atoms with E-state index in [1.165, 1.54) is 0 Å². The Morgan fingerprint density at radius 2 is 1.20 bits per heavy atom. The topological polar surface area (TPSA) is 21.7 Å². The molecule has 0 N–H and O–H groups in total. The van der Waals surface area contributed by atoms with Crippen molar-refractivity contribution >= 4 is 17.1 Å². The molecule has 3 aromatic carbocycles. The fraction of sp³-hybridized carbons (Fsp3) is 0.182. The summed E-state index contributed by atoms with van der Waals surface area (Å²) in [6.07, 6.45) is 0. The van der Waals surface area contributed by atoms with Crippen molar-refractivity contribution < 1.29 is 9.47 Å². The lowest BCUT2D eigenvalue weighted by atomic mass is 10.0. The maximum atomic E-state index is 5.58. The summed E-state index contributed by atoms with van der Waals surface area (Å²) >= 11 is 0. The van der Waals surface area contributed by atoms with Gasteiger partial charge in [-0.2, -0.15) is 0 Å². The van der Waals surface area contributed by atoms with Gasteiger partial charge in [0.05, 0.1) is 19.9 Å². The minimum absolute atomic E-state index is 0.734. The van der Waals surface area contributed by atoms with E-state index in [-0.39, 0.29) is 0 Å². The summed E-state index contributed by atoms with van der Waals surface area (Å²) in [5.41, 5.74) is 5.51. The number of hydrogen-bond donors (Lipinski definition) is 0. The number of hydrogen-bond acceptors (Lipinski definition) is 3. The van der Waals surface area contributed by atoms with Crippen molar-refractivity contribution in [3.8, 4) is 11.5 Å². The smallest absolute Gasteiger partial charge is 0.164 e. The van der Waals surface area contributed by atoms with Crippen molar-refractivity contribution in [1.29, 1.82) is 0 Å². The van der Waals surface area contributed by atoms with Crippen LogP contribution in [0.25, 0.3) is 0 Å². The molecular weight excluding hydrogens is 310 g/mol. The van der Waals surface area contributed by atoms with Crippen molar-refractivity contribution in [2.24, 2.45) is 0 Å². The predicted molar refractivity (Wildman–Crippen MR) is 104 cm³/mol. The average molecular weight is 333 g/mol. The summed E-state index contributed by atoms with van der Waals surface area (Å²) in [5, 5.41) is 0. The standard InChI is InChI=1S/C22H23NO2/c1-16-17(2)22(25-4)21(24-3)15-20(16)23(18-11-7-5-8-12-18)19-13-9-6-10-14-19/h5-15H,1-4H3. The molecule has 0 amide bonds. The van der Waals surface area contributed by atoms with Crippen molar-refractivity contribution in [2.45, 2.75) is 13.8 Å². The van der Waals surface area contributed by atoms with E-state index in [2.05, 4.69) is 43.0 Å². The Labute approximate surface area is 149 Å². The highest BCUT2D eigenvalue weighted by atomic mass is 16.5. The average Bonchev–Trinajstić information content (AvgIpc) is 2.67. The van der Waals surface area contributed by atoms with E-state index in [4.69, 9.17) is 9.47 Å². The molecule has 3 heteroatoms. The first-order chi connectivity index (χ1) is 12.2. The van der Waals surface area contributed by atoms with Crippen molar-refractivity contribution in [3.63, 3.8) is 0 Å². The number of methoxy groups -OCH3 is 2. The number of rotatable bonds is 5. The van der Waals surface area contributed by atoms with Crippen LogP contribution in [0.4, 0.5) is 17.1 Å². The zero-order valence-electron chi connectivity index (χ0n) is 15.1. The number of nitrogens with zero attached hydrogens (tertiary/aromatic N) is 1. The van der Waals surface area contributed by atoms with Crippen LogP contribution in [0.3, 0.4) is 0 Å². The fourth-order valence-corrected chi connectivity index (χ4v) is 3.06. The van der Waals surface area contributed by atoms with Crippen LogP contribution >= 0.6 is 0 Å². The monoisotopic (exact) mass is 333 g/mol. The zero-order chi connectivity index (χ0) is 17.8. The molecule has 3 aromatic rings. The van der Waals surface area contributed by atoms with Crippen molar-refractivity contribution in [3.05, 3.63) is 77.9 Å². The molecule has 25 heavy (non-hydrogen) atoms. The highest BCUT2D eigenvalue weighted by molar-refractivity contribution is 5.81. The van der Waals surface area contributed by atoms with Gasteiger partial charge in [-0.1, -0.05) is 36.4 Å². The third-order valence-electron chi connectivity index (χ3n) is 4.47. The van der Waals surface area contributed by atoms with Crippen molar-refractivity contribution in [2.75, 3.05) is 19.1 Å². The van der Waals surface area contributed by atoms with Gasteiger partial charge in [-0.05, 0) is 49.2 Å². The molecule has 0 bridgehead atoms. The van der Waals surface area contributed by atoms with Gasteiger partial charge in [0.25, 0.3) is 0 Å². The van der Waals surface area contributed by atoms with Gasteiger partial charge in [0.2, 0.25) is 0 Å². The third-order valence-corrected chi connectivity index (χ3v) is 4.47. The van der Waals surface area contributed by atoms with Gasteiger partial charge >= 0.3 is 0 Å². The van der Waals surface area contributed by atoms with Gasteiger partial charge in [-0.25, -0.2) is 0 Å². The molecule has 0 heterocycles. The van der Waals surface area contributed by atoms with Crippen LogP contribution in [0, 0.1) is 13.8 Å². The van der Waals surface area contributed by atoms with Gasteiger partial charge in [0, 0.05) is 17.4 Å². The Morgan fingerprint density at radius 3 is 1.64 bits per heavy atom. The predicted octanol–water partition coefficient (Wildman–Crippen LogP) is 5.79. The summed E-state index contributed by atoms with van der Waals surface area (Å²) in [6.45, 7) is 4.18. The number of anilines is 3. The highest BCUT2D eigenvalue weighted by Crippen LogP contribution is 2.43. The molecule has 0 aliphatic carbocycles. The molecule has 0 saturated heterocycles. The first-order valence-corrected chi connectivity index (χ1v) is 8.29. The number of ether oxygens (including phenoxy) is 2. The van der Waals surface area contributed by atoms with Crippen LogP contribution in [0.1, 0.15) is 11.1 Å². The Hall–Kier alpha value is -2.94. The van der Waals surface area contributed by atoms with Crippen LogP contribution < -0.4 is 14.4 Å².